The van der Waals surface area contributed by atoms with Crippen molar-refractivity contribution >= 4 is 0 Å². The first kappa shape index (κ1) is 37.8. The Balaban J connectivity index is 1.81. The standard InChI is InChI=1S/C43H68O4/c1-13-40(5,6)34-24-30(25-35(41(7,8)14-2)38(34)44-21-17-19-32-28-46-32)23-31-26-36(42(9,10)15-3)39(37(27-31)43(11,12)16-4)45-22-18-20-33-29-47-33/h24-27,32-33H,13-23,28-29H2,1-12H3. The maximum Gasteiger partial charge on any atom is 0.126 e. The molecule has 2 unspecified atom stereocenters. The molecule has 2 saturated heterocycles. The number of benzene rings is 2. The molecule has 0 aliphatic carbocycles. The van der Waals surface area contributed by atoms with Gasteiger partial charge in [0.25, 0.3) is 0 Å². The summed E-state index contributed by atoms with van der Waals surface area (Å²) in [6.07, 6.45) is 10.2. The SMILES string of the molecule is CCC(C)(C)c1cc(Cc2cc(C(C)(C)CC)c(OCCCC3CO3)c(C(C)(C)CC)c2)cc(C(C)(C)CC)c1OCCCC1CO1. The molecule has 47 heavy (non-hydrogen) atoms. The first-order chi connectivity index (χ1) is 22.1. The molecule has 0 saturated carbocycles. The van der Waals surface area contributed by atoms with Gasteiger partial charge in [0.1, 0.15) is 11.5 Å². The zero-order chi connectivity index (χ0) is 34.6. The molecular formula is C43H68O4. The van der Waals surface area contributed by atoms with E-state index in [1.54, 1.807) is 0 Å². The van der Waals surface area contributed by atoms with Crippen LogP contribution in [0.2, 0.25) is 0 Å². The molecule has 2 aliphatic rings. The van der Waals surface area contributed by atoms with Crippen LogP contribution < -0.4 is 9.47 Å². The number of hydrogen-bond acceptors (Lipinski definition) is 4. The van der Waals surface area contributed by atoms with Gasteiger partial charge in [0, 0.05) is 22.3 Å². The van der Waals surface area contributed by atoms with E-state index < -0.39 is 0 Å². The third-order valence-electron chi connectivity index (χ3n) is 11.8. The van der Waals surface area contributed by atoms with E-state index in [4.69, 9.17) is 18.9 Å². The minimum atomic E-state index is -0.00253. The van der Waals surface area contributed by atoms with Crippen LogP contribution in [0.15, 0.2) is 24.3 Å². The number of rotatable bonds is 20. The van der Waals surface area contributed by atoms with Gasteiger partial charge < -0.3 is 18.9 Å². The molecule has 0 amide bonds. The Bertz CT molecular complexity index is 1150. The fourth-order valence-electron chi connectivity index (χ4n) is 6.34. The summed E-state index contributed by atoms with van der Waals surface area (Å²) in [4.78, 5) is 0. The molecule has 2 heterocycles. The first-order valence-corrected chi connectivity index (χ1v) is 18.9. The minimum absolute atomic E-state index is 0.00253. The lowest BCUT2D eigenvalue weighted by Crippen LogP contribution is -2.24. The predicted octanol–water partition coefficient (Wildman–Crippen LogP) is 11.1. The summed E-state index contributed by atoms with van der Waals surface area (Å²) >= 11 is 0. The lowest BCUT2D eigenvalue weighted by molar-refractivity contribution is 0.277. The predicted molar refractivity (Wildman–Crippen MR) is 198 cm³/mol. The third kappa shape index (κ3) is 9.56. The Hall–Kier alpha value is -2.04. The van der Waals surface area contributed by atoms with Crippen LogP contribution in [0.5, 0.6) is 11.5 Å². The second-order valence-corrected chi connectivity index (χ2v) is 17.1. The van der Waals surface area contributed by atoms with Gasteiger partial charge in [0.15, 0.2) is 0 Å². The Morgan fingerprint density at radius 1 is 0.532 bits per heavy atom. The van der Waals surface area contributed by atoms with E-state index in [0.717, 1.165) is 95.7 Å². The van der Waals surface area contributed by atoms with Crippen molar-refractivity contribution in [3.63, 3.8) is 0 Å². The van der Waals surface area contributed by atoms with Crippen LogP contribution in [-0.2, 0) is 37.6 Å². The van der Waals surface area contributed by atoms with Gasteiger partial charge in [-0.15, -0.1) is 0 Å². The van der Waals surface area contributed by atoms with Crippen LogP contribution in [0.3, 0.4) is 0 Å². The summed E-state index contributed by atoms with van der Waals surface area (Å²) in [6.45, 7) is 31.6. The fraction of sp³-hybridized carbons (Fsp3) is 0.721. The van der Waals surface area contributed by atoms with Crippen molar-refractivity contribution in [2.45, 2.75) is 175 Å². The Morgan fingerprint density at radius 2 is 0.809 bits per heavy atom. The van der Waals surface area contributed by atoms with Crippen molar-refractivity contribution in [3.8, 4) is 11.5 Å². The molecule has 2 fully saturated rings. The molecule has 2 atom stereocenters. The van der Waals surface area contributed by atoms with E-state index in [1.807, 2.05) is 0 Å². The molecule has 0 N–H and O–H groups in total. The zero-order valence-electron chi connectivity index (χ0n) is 32.3. The van der Waals surface area contributed by atoms with Crippen LogP contribution >= 0.6 is 0 Å². The highest BCUT2D eigenvalue weighted by Crippen LogP contribution is 2.46. The lowest BCUT2D eigenvalue weighted by Gasteiger charge is -2.34. The summed E-state index contributed by atoms with van der Waals surface area (Å²) in [7, 11) is 0. The van der Waals surface area contributed by atoms with E-state index in [9.17, 15) is 0 Å². The van der Waals surface area contributed by atoms with Gasteiger partial charge in [-0.25, -0.2) is 0 Å². The Labute approximate surface area is 288 Å². The van der Waals surface area contributed by atoms with Gasteiger partial charge in [-0.1, -0.05) is 107 Å². The minimum Gasteiger partial charge on any atom is -0.493 e. The van der Waals surface area contributed by atoms with E-state index >= 15 is 0 Å². The van der Waals surface area contributed by atoms with E-state index in [1.165, 1.54) is 33.4 Å². The van der Waals surface area contributed by atoms with E-state index in [0.29, 0.717) is 12.2 Å². The van der Waals surface area contributed by atoms with Gasteiger partial charge in [-0.2, -0.15) is 0 Å². The summed E-state index contributed by atoms with van der Waals surface area (Å²) in [5.74, 6) is 2.23. The van der Waals surface area contributed by atoms with Crippen molar-refractivity contribution < 1.29 is 18.9 Å². The van der Waals surface area contributed by atoms with E-state index in [-0.39, 0.29) is 21.7 Å². The highest BCUT2D eigenvalue weighted by atomic mass is 16.6. The van der Waals surface area contributed by atoms with Crippen LogP contribution in [0.1, 0.15) is 168 Å². The van der Waals surface area contributed by atoms with Gasteiger partial charge in [0.2, 0.25) is 0 Å². The molecule has 0 aromatic heterocycles. The van der Waals surface area contributed by atoms with Crippen LogP contribution in [0, 0.1) is 0 Å². The first-order valence-electron chi connectivity index (χ1n) is 18.9. The molecule has 2 aromatic carbocycles. The monoisotopic (exact) mass is 649 g/mol. The highest BCUT2D eigenvalue weighted by Gasteiger charge is 2.34. The second-order valence-electron chi connectivity index (χ2n) is 17.1. The molecule has 0 spiro atoms. The van der Waals surface area contributed by atoms with Crippen molar-refractivity contribution in [2.75, 3.05) is 26.4 Å². The molecule has 0 radical (unpaired) electrons. The average molecular weight is 649 g/mol. The van der Waals surface area contributed by atoms with Gasteiger partial charge in [-0.05, 0) is 90.6 Å². The van der Waals surface area contributed by atoms with Crippen LogP contribution in [0.25, 0.3) is 0 Å². The van der Waals surface area contributed by atoms with Gasteiger partial charge in [-0.3, -0.25) is 0 Å². The molecule has 2 aliphatic heterocycles. The number of ether oxygens (including phenoxy) is 4. The Morgan fingerprint density at radius 3 is 1.04 bits per heavy atom. The molecule has 0 bridgehead atoms. The number of hydrogen-bond donors (Lipinski definition) is 0. The second kappa shape index (κ2) is 15.2. The largest absolute Gasteiger partial charge is 0.493 e. The van der Waals surface area contributed by atoms with Gasteiger partial charge >= 0.3 is 0 Å². The molecule has 4 heteroatoms. The van der Waals surface area contributed by atoms with Crippen molar-refractivity contribution in [2.24, 2.45) is 0 Å². The quantitative estimate of drug-likeness (QED) is 0.106. The maximum absolute atomic E-state index is 6.79. The van der Waals surface area contributed by atoms with Gasteiger partial charge in [0.05, 0.1) is 38.6 Å². The van der Waals surface area contributed by atoms with Crippen molar-refractivity contribution in [1.82, 2.24) is 0 Å². The van der Waals surface area contributed by atoms with Crippen LogP contribution in [0.4, 0.5) is 0 Å². The Kier molecular flexibility index (Phi) is 12.2. The topological polar surface area (TPSA) is 43.5 Å². The molecule has 2 aromatic rings. The average Bonchev–Trinajstić information content (AvgIpc) is 3.98. The maximum atomic E-state index is 6.79. The van der Waals surface area contributed by atoms with Crippen molar-refractivity contribution in [1.29, 1.82) is 0 Å². The molecular weight excluding hydrogens is 580 g/mol. The van der Waals surface area contributed by atoms with E-state index in [2.05, 4.69) is 107 Å². The highest BCUT2D eigenvalue weighted by molar-refractivity contribution is 5.55. The molecule has 4 nitrogen and oxygen atoms in total. The zero-order valence-corrected chi connectivity index (χ0v) is 32.3. The molecule has 264 valence electrons. The number of epoxide rings is 2. The normalized spacial score (nSPS) is 18.4. The third-order valence-corrected chi connectivity index (χ3v) is 11.8. The summed E-state index contributed by atoms with van der Waals surface area (Å²) < 4.78 is 24.5. The fourth-order valence-corrected chi connectivity index (χ4v) is 6.34. The summed E-state index contributed by atoms with van der Waals surface area (Å²) in [5.41, 5.74) is 8.12. The lowest BCUT2D eigenvalue weighted by atomic mass is 9.73. The smallest absolute Gasteiger partial charge is 0.126 e. The van der Waals surface area contributed by atoms with Crippen molar-refractivity contribution in [3.05, 3.63) is 57.6 Å². The van der Waals surface area contributed by atoms with Crippen LogP contribution in [-0.4, -0.2) is 38.6 Å². The molecule has 4 rings (SSSR count). The summed E-state index contributed by atoms with van der Waals surface area (Å²) in [5, 5.41) is 0. The summed E-state index contributed by atoms with van der Waals surface area (Å²) in [6, 6.07) is 9.88.